The molecule has 27 heavy (non-hydrogen) atoms. The van der Waals surface area contributed by atoms with Crippen LogP contribution in [0.2, 0.25) is 0 Å². The van der Waals surface area contributed by atoms with Crippen molar-refractivity contribution >= 4 is 0 Å². The van der Waals surface area contributed by atoms with E-state index in [0.29, 0.717) is 11.7 Å². The molecule has 1 fully saturated rings. The highest BCUT2D eigenvalue weighted by Gasteiger charge is 2.22. The van der Waals surface area contributed by atoms with E-state index in [1.807, 2.05) is 41.2 Å². The molecule has 6 nitrogen and oxygen atoms in total. The van der Waals surface area contributed by atoms with Crippen LogP contribution in [0.1, 0.15) is 48.7 Å². The highest BCUT2D eigenvalue weighted by Crippen LogP contribution is 2.30. The number of phenols is 1. The van der Waals surface area contributed by atoms with Gasteiger partial charge in [0.15, 0.2) is 0 Å². The molecule has 1 aliphatic rings. The fourth-order valence-electron chi connectivity index (χ4n) is 3.77. The minimum atomic E-state index is 0.0731. The van der Waals surface area contributed by atoms with Crippen molar-refractivity contribution < 1.29 is 5.11 Å². The Labute approximate surface area is 159 Å². The molecule has 1 aliphatic heterocycles. The zero-order chi connectivity index (χ0) is 18.6. The Kier molecular flexibility index (Phi) is 5.16. The Bertz CT molecular complexity index is 871. The van der Waals surface area contributed by atoms with Crippen LogP contribution in [0, 0.1) is 0 Å². The van der Waals surface area contributed by atoms with Crippen molar-refractivity contribution in [2.75, 3.05) is 13.1 Å². The quantitative estimate of drug-likeness (QED) is 0.753. The summed E-state index contributed by atoms with van der Waals surface area (Å²) < 4.78 is 1.89. The van der Waals surface area contributed by atoms with Crippen LogP contribution in [-0.4, -0.2) is 43.1 Å². The molecule has 2 aromatic heterocycles. The number of rotatable bonds is 5. The van der Waals surface area contributed by atoms with Gasteiger partial charge in [-0.25, -0.2) is 4.68 Å². The second kappa shape index (κ2) is 7.88. The molecule has 1 atom stereocenters. The van der Waals surface area contributed by atoms with Crippen LogP contribution in [0.15, 0.2) is 54.9 Å². The van der Waals surface area contributed by atoms with E-state index in [-0.39, 0.29) is 6.04 Å². The third-order valence-electron chi connectivity index (χ3n) is 5.39. The number of benzene rings is 1. The lowest BCUT2D eigenvalue weighted by Crippen LogP contribution is -2.32. The molecule has 1 N–H and O–H groups in total. The first-order valence-electron chi connectivity index (χ1n) is 9.52. The fourth-order valence-corrected chi connectivity index (χ4v) is 3.77. The highest BCUT2D eigenvalue weighted by molar-refractivity contribution is 5.30. The topological polar surface area (TPSA) is 67.1 Å². The van der Waals surface area contributed by atoms with Gasteiger partial charge in [-0.1, -0.05) is 23.4 Å². The summed E-state index contributed by atoms with van der Waals surface area (Å²) in [7, 11) is 0. The third-order valence-corrected chi connectivity index (χ3v) is 5.39. The zero-order valence-electron chi connectivity index (χ0n) is 15.6. The Balaban J connectivity index is 1.34. The van der Waals surface area contributed by atoms with Crippen LogP contribution in [-0.2, 0) is 6.54 Å². The number of likely N-dealkylation sites (tertiary alicyclic amines) is 1. The molecular formula is C21H25N5O. The smallest absolute Gasteiger partial charge is 0.115 e. The molecule has 0 spiro atoms. The first kappa shape index (κ1) is 17.7. The first-order chi connectivity index (χ1) is 13.2. The predicted octanol–water partition coefficient (Wildman–Crippen LogP) is 3.37. The van der Waals surface area contributed by atoms with Crippen LogP contribution in [0.25, 0.3) is 0 Å². The average molecular weight is 363 g/mol. The lowest BCUT2D eigenvalue weighted by Gasteiger charge is -2.31. The summed E-state index contributed by atoms with van der Waals surface area (Å²) in [6.07, 6.45) is 6.03. The van der Waals surface area contributed by atoms with Crippen LogP contribution in [0.5, 0.6) is 5.75 Å². The summed E-state index contributed by atoms with van der Waals surface area (Å²) >= 11 is 0. The number of phenolic OH excluding ortho intramolecular Hbond substituents is 1. The molecule has 3 heterocycles. The number of hydrogen-bond donors (Lipinski definition) is 1. The van der Waals surface area contributed by atoms with Gasteiger partial charge in [-0.05, 0) is 68.6 Å². The fraction of sp³-hybridized carbons (Fsp3) is 0.381. The van der Waals surface area contributed by atoms with Crippen LogP contribution in [0.3, 0.4) is 0 Å². The van der Waals surface area contributed by atoms with Gasteiger partial charge in [-0.3, -0.25) is 9.88 Å². The summed E-state index contributed by atoms with van der Waals surface area (Å²) in [6, 6.07) is 13.7. The van der Waals surface area contributed by atoms with Gasteiger partial charge < -0.3 is 5.11 Å². The number of piperidine rings is 1. The molecule has 0 bridgehead atoms. The molecule has 1 aromatic carbocycles. The van der Waals surface area contributed by atoms with Gasteiger partial charge in [0.2, 0.25) is 0 Å². The van der Waals surface area contributed by atoms with Gasteiger partial charge in [0.1, 0.15) is 5.75 Å². The van der Waals surface area contributed by atoms with E-state index in [0.717, 1.165) is 43.9 Å². The van der Waals surface area contributed by atoms with Crippen molar-refractivity contribution in [2.24, 2.45) is 0 Å². The molecule has 0 amide bonds. The average Bonchev–Trinajstić information content (AvgIpc) is 3.17. The largest absolute Gasteiger partial charge is 0.508 e. The van der Waals surface area contributed by atoms with E-state index in [2.05, 4.69) is 33.2 Å². The van der Waals surface area contributed by atoms with Gasteiger partial charge in [-0.15, -0.1) is 5.10 Å². The van der Waals surface area contributed by atoms with Crippen molar-refractivity contribution in [3.8, 4) is 5.75 Å². The number of aromatic nitrogens is 4. The summed E-state index contributed by atoms with van der Waals surface area (Å²) in [6.45, 7) is 4.97. The maximum Gasteiger partial charge on any atom is 0.115 e. The molecule has 4 rings (SSSR count). The van der Waals surface area contributed by atoms with Crippen LogP contribution in [0.4, 0.5) is 0 Å². The molecule has 3 aromatic rings. The highest BCUT2D eigenvalue weighted by atomic mass is 16.3. The second-order valence-electron chi connectivity index (χ2n) is 7.27. The van der Waals surface area contributed by atoms with E-state index in [1.54, 1.807) is 12.3 Å². The minimum Gasteiger partial charge on any atom is -0.508 e. The van der Waals surface area contributed by atoms with Crippen molar-refractivity contribution in [3.05, 3.63) is 71.8 Å². The Morgan fingerprint density at radius 3 is 2.74 bits per heavy atom. The molecule has 0 saturated carbocycles. The lowest BCUT2D eigenvalue weighted by molar-refractivity contribution is 0.202. The van der Waals surface area contributed by atoms with E-state index in [9.17, 15) is 5.11 Å². The SMILES string of the molecule is CC(c1ccccn1)n1cc(CN2CCC(c3cccc(O)c3)CC2)nn1. The van der Waals surface area contributed by atoms with Gasteiger partial charge >= 0.3 is 0 Å². The predicted molar refractivity (Wildman–Crippen MR) is 103 cm³/mol. The Hall–Kier alpha value is -2.73. The van der Waals surface area contributed by atoms with Gasteiger partial charge in [0, 0.05) is 12.7 Å². The molecule has 140 valence electrons. The summed E-state index contributed by atoms with van der Waals surface area (Å²) in [5.41, 5.74) is 3.22. The number of pyridine rings is 1. The molecule has 1 unspecified atom stereocenters. The maximum atomic E-state index is 9.69. The third kappa shape index (κ3) is 4.17. The van der Waals surface area contributed by atoms with Gasteiger partial charge in [-0.2, -0.15) is 0 Å². The van der Waals surface area contributed by atoms with E-state index in [4.69, 9.17) is 0 Å². The van der Waals surface area contributed by atoms with E-state index in [1.165, 1.54) is 5.56 Å². The van der Waals surface area contributed by atoms with Crippen molar-refractivity contribution in [1.29, 1.82) is 0 Å². The standard InChI is InChI=1S/C21H25N5O/c1-16(21-7-2-3-10-22-21)26-15-19(23-24-26)14-25-11-8-17(9-12-25)18-5-4-6-20(27)13-18/h2-7,10,13,15-17,27H,8-9,11-12,14H2,1H3. The number of aromatic hydroxyl groups is 1. The maximum absolute atomic E-state index is 9.69. The number of nitrogens with zero attached hydrogens (tertiary/aromatic N) is 5. The molecular weight excluding hydrogens is 338 g/mol. The van der Waals surface area contributed by atoms with Crippen molar-refractivity contribution in [1.82, 2.24) is 24.9 Å². The van der Waals surface area contributed by atoms with E-state index >= 15 is 0 Å². The monoisotopic (exact) mass is 363 g/mol. The second-order valence-corrected chi connectivity index (χ2v) is 7.27. The lowest BCUT2D eigenvalue weighted by atomic mass is 9.89. The summed E-state index contributed by atoms with van der Waals surface area (Å²) in [5, 5.41) is 18.3. The molecule has 1 saturated heterocycles. The summed E-state index contributed by atoms with van der Waals surface area (Å²) in [5.74, 6) is 0.877. The van der Waals surface area contributed by atoms with Crippen LogP contribution < -0.4 is 0 Å². The van der Waals surface area contributed by atoms with Crippen LogP contribution >= 0.6 is 0 Å². The normalized spacial score (nSPS) is 17.1. The summed E-state index contributed by atoms with van der Waals surface area (Å²) in [4.78, 5) is 6.84. The van der Waals surface area contributed by atoms with Crippen molar-refractivity contribution in [2.45, 2.75) is 38.3 Å². The zero-order valence-corrected chi connectivity index (χ0v) is 15.6. The minimum absolute atomic E-state index is 0.0731. The first-order valence-corrected chi connectivity index (χ1v) is 9.52. The van der Waals surface area contributed by atoms with E-state index < -0.39 is 0 Å². The Morgan fingerprint density at radius 2 is 2.00 bits per heavy atom. The number of hydrogen-bond acceptors (Lipinski definition) is 5. The molecule has 0 aliphatic carbocycles. The molecule has 6 heteroatoms. The Morgan fingerprint density at radius 1 is 1.15 bits per heavy atom. The van der Waals surface area contributed by atoms with Gasteiger partial charge in [0.05, 0.1) is 23.6 Å². The molecule has 0 radical (unpaired) electrons. The van der Waals surface area contributed by atoms with Crippen molar-refractivity contribution in [3.63, 3.8) is 0 Å². The van der Waals surface area contributed by atoms with Gasteiger partial charge in [0.25, 0.3) is 0 Å².